The number of carbonyl (C=O) groups is 8. The molecule has 0 spiro atoms. The van der Waals surface area contributed by atoms with Gasteiger partial charge in [0.25, 0.3) is 0 Å². The van der Waals surface area contributed by atoms with Crippen molar-refractivity contribution in [3.8, 4) is 0 Å². The number of ketones is 4. The van der Waals surface area contributed by atoms with E-state index in [2.05, 4.69) is 88.3 Å². The lowest BCUT2D eigenvalue weighted by Gasteiger charge is -2.57. The third kappa shape index (κ3) is 17.1. The van der Waals surface area contributed by atoms with Crippen LogP contribution in [0.2, 0.25) is 0 Å². The maximum Gasteiger partial charge on any atom is 0.306 e. The van der Waals surface area contributed by atoms with Crippen molar-refractivity contribution in [3.05, 3.63) is 82.5 Å². The Bertz CT molecular complexity index is 3890. The minimum Gasteiger partial charge on any atom is -0.462 e. The molecular formula is C104H152O12. The standard InChI is InChI=1S/C29H46O3.C28H36O3.C25H38O3.C22H32O3/c1-4-5-6-7-8-9-10-11-27(31)32-26-15-14-24-23-13-12-21-20-22(30)16-18-28(21,2)25(23)17-19-29(24,26)3;1-27-16-14-21(29)18-20(27)9-10-22-23-11-12-25(28(23,2)17-15-24(22)27)31-26(30)13-8-19-6-4-3-5-7-19;1-16(2)5-10-23(27)28-22-9-8-20-19-7-6-17-15-18(26)11-13-24(17,3)21(19)12-14-25(20,22)4;1-4-20(24)25-19-8-7-17-16-6-5-14-13-15(23)9-11-21(14,2)18(16)10-12-22(17,19)3/h20,23-26H,4-19H2,1-3H3;3-7,18,22-25H,8-17H2,1-2H3;15-16,19-22H,5-14H2,1-4H3;13,16-19H,4-12H2,1-3H3/t23-,24-,25-,26-,28-,29-;22-,23-,24-,25-,27-,28-;19-,20-,21-,22-,24-,25-;16-,17-,18-,19-,21-,22-/m0000/s1. The molecule has 0 saturated heterocycles. The highest BCUT2D eigenvalue weighted by Crippen LogP contribution is 2.71. The van der Waals surface area contributed by atoms with Gasteiger partial charge in [-0.1, -0.05) is 174 Å². The van der Waals surface area contributed by atoms with Crippen molar-refractivity contribution >= 4 is 47.0 Å². The summed E-state index contributed by atoms with van der Waals surface area (Å²) in [6.07, 6.45) is 55.5. The topological polar surface area (TPSA) is 173 Å². The first-order chi connectivity index (χ1) is 55.4. The second kappa shape index (κ2) is 35.7. The highest BCUT2D eigenvalue weighted by atomic mass is 16.6. The summed E-state index contributed by atoms with van der Waals surface area (Å²) in [6.45, 7) is 27.8. The molecule has 1 aromatic carbocycles. The van der Waals surface area contributed by atoms with E-state index >= 15 is 0 Å². The van der Waals surface area contributed by atoms with Crippen LogP contribution in [0.5, 0.6) is 0 Å². The number of rotatable bonds is 19. The minimum atomic E-state index is -0.0411. The average Bonchev–Trinajstić information content (AvgIpc) is 1.46. The first-order valence-electron chi connectivity index (χ1n) is 48.2. The number of hydrogen-bond donors (Lipinski definition) is 0. The molecule has 24 atom stereocenters. The molecular weight excluding hydrogens is 1440 g/mol. The summed E-state index contributed by atoms with van der Waals surface area (Å²) in [5, 5.41) is 0. The molecule has 16 aliphatic carbocycles. The van der Waals surface area contributed by atoms with E-state index in [4.69, 9.17) is 18.9 Å². The summed E-state index contributed by atoms with van der Waals surface area (Å²) in [5.74, 6) is 10.2. The fourth-order valence-corrected chi connectivity index (χ4v) is 30.2. The Labute approximate surface area is 699 Å². The molecule has 17 rings (SSSR count). The molecule has 16 aliphatic rings. The summed E-state index contributed by atoms with van der Waals surface area (Å²) >= 11 is 0. The van der Waals surface area contributed by atoms with Crippen LogP contribution in [0.15, 0.2) is 76.9 Å². The van der Waals surface area contributed by atoms with E-state index in [-0.39, 0.29) is 91.6 Å². The summed E-state index contributed by atoms with van der Waals surface area (Å²) in [4.78, 5) is 97.5. The smallest absolute Gasteiger partial charge is 0.306 e. The van der Waals surface area contributed by atoms with Crippen molar-refractivity contribution in [3.63, 3.8) is 0 Å². The van der Waals surface area contributed by atoms with Gasteiger partial charge in [0, 0.05) is 73.0 Å². The maximum atomic E-state index is 12.7. The van der Waals surface area contributed by atoms with Gasteiger partial charge in [0.05, 0.1) is 0 Å². The second-order valence-electron chi connectivity index (χ2n) is 43.4. The van der Waals surface area contributed by atoms with E-state index in [1.807, 2.05) is 49.4 Å². The Morgan fingerprint density at radius 3 is 0.957 bits per heavy atom. The molecule has 12 nitrogen and oxygen atoms in total. The van der Waals surface area contributed by atoms with Gasteiger partial charge in [-0.3, -0.25) is 38.4 Å². The average molecular weight is 1590 g/mol. The van der Waals surface area contributed by atoms with Crippen molar-refractivity contribution in [1.29, 1.82) is 0 Å². The van der Waals surface area contributed by atoms with E-state index in [9.17, 15) is 38.4 Å². The molecule has 0 aromatic heterocycles. The van der Waals surface area contributed by atoms with Gasteiger partial charge < -0.3 is 18.9 Å². The minimum absolute atomic E-state index is 0.00863. The third-order valence-electron chi connectivity index (χ3n) is 37.3. The molecule has 0 radical (unpaired) electrons. The molecule has 0 heterocycles. The quantitative estimate of drug-likeness (QED) is 0.0730. The van der Waals surface area contributed by atoms with Gasteiger partial charge in [-0.15, -0.1) is 0 Å². The zero-order valence-electron chi connectivity index (χ0n) is 74.2. The Kier molecular flexibility index (Phi) is 26.8. The van der Waals surface area contributed by atoms with Crippen LogP contribution >= 0.6 is 0 Å². The number of benzene rings is 1. The molecule has 12 heteroatoms. The number of hydrogen-bond acceptors (Lipinski definition) is 12. The van der Waals surface area contributed by atoms with Crippen LogP contribution in [-0.2, 0) is 63.7 Å². The molecule has 12 fully saturated rings. The Morgan fingerprint density at radius 2 is 0.638 bits per heavy atom. The summed E-state index contributed by atoms with van der Waals surface area (Å²) in [7, 11) is 0. The number of ether oxygens (including phenoxy) is 4. The van der Waals surface area contributed by atoms with Gasteiger partial charge in [-0.05, 0) is 328 Å². The van der Waals surface area contributed by atoms with Crippen LogP contribution in [0.4, 0.5) is 0 Å². The first-order valence-corrected chi connectivity index (χ1v) is 48.2. The Morgan fingerprint density at radius 1 is 0.336 bits per heavy atom. The second-order valence-corrected chi connectivity index (χ2v) is 43.4. The normalized spacial score (nSPS) is 41.2. The van der Waals surface area contributed by atoms with E-state index in [0.717, 1.165) is 159 Å². The van der Waals surface area contributed by atoms with Gasteiger partial charge in [0.1, 0.15) is 24.4 Å². The molecule has 116 heavy (non-hydrogen) atoms. The van der Waals surface area contributed by atoms with Gasteiger partial charge in [0.15, 0.2) is 23.1 Å². The number of fused-ring (bicyclic) bond motifs is 20. The molecule has 0 unspecified atom stereocenters. The van der Waals surface area contributed by atoms with Crippen molar-refractivity contribution in [2.75, 3.05) is 0 Å². The molecule has 12 saturated carbocycles. The third-order valence-corrected chi connectivity index (χ3v) is 37.3. The maximum absolute atomic E-state index is 12.7. The monoisotopic (exact) mass is 1590 g/mol. The first kappa shape index (κ1) is 87.1. The van der Waals surface area contributed by atoms with E-state index in [1.54, 1.807) is 0 Å². The predicted molar refractivity (Wildman–Crippen MR) is 458 cm³/mol. The molecule has 1 aromatic rings. The SMILES string of the molecule is CC(C)CCC(=O)O[C@H]1CC[C@H]2[C@@H]3CCC4=CC(=O)CC[C@]4(C)[C@H]3CC[C@]12C.CCC(=O)O[C@H]1CC[C@H]2[C@@H]3CCC4=CC(=O)CC[C@]4(C)[C@H]3CC[C@]12C.CCCCCCCCCC(=O)O[C@H]1CC[C@H]2[C@@H]3CCC4=CC(=O)CC[C@]4(C)[C@H]3CC[C@]12C.C[C@]12CC[C@H]3[C@@H](CCC4=CC(=O)CC[C@@]43C)[C@@H]1CC[C@@H]2OC(=O)CCc1ccccc1. The fraction of sp³-hybridized carbons (Fsp3) is 0.788. The largest absolute Gasteiger partial charge is 0.462 e. The van der Waals surface area contributed by atoms with Crippen LogP contribution in [0.3, 0.4) is 0 Å². The van der Waals surface area contributed by atoms with Crippen LogP contribution in [0.25, 0.3) is 0 Å². The lowest BCUT2D eigenvalue weighted by Crippen LogP contribution is -2.51. The van der Waals surface area contributed by atoms with E-state index < -0.39 is 0 Å². The van der Waals surface area contributed by atoms with Crippen LogP contribution in [0, 0.1) is 120 Å². The predicted octanol–water partition coefficient (Wildman–Crippen LogP) is 24.3. The van der Waals surface area contributed by atoms with Gasteiger partial charge in [-0.25, -0.2) is 0 Å². The zero-order chi connectivity index (χ0) is 82.3. The van der Waals surface area contributed by atoms with Crippen molar-refractivity contribution < 1.29 is 57.3 Å². The number of allylic oxidation sites excluding steroid dienone is 4. The lowest BCUT2D eigenvalue weighted by molar-refractivity contribution is -0.160. The number of aryl methyl sites for hydroxylation is 1. The summed E-state index contributed by atoms with van der Waals surface area (Å²) in [6, 6.07) is 10.2. The molecule has 640 valence electrons. The number of unbranched alkanes of at least 4 members (excludes halogenated alkanes) is 6. The summed E-state index contributed by atoms with van der Waals surface area (Å²) in [5.41, 5.74) is 8.40. The van der Waals surface area contributed by atoms with Crippen LogP contribution in [0.1, 0.15) is 371 Å². The van der Waals surface area contributed by atoms with Crippen molar-refractivity contribution in [2.24, 2.45) is 120 Å². The Balaban J connectivity index is 0.000000128. The molecule has 0 aliphatic heterocycles. The Hall–Kier alpha value is -5.26. The fourth-order valence-electron chi connectivity index (χ4n) is 30.2. The van der Waals surface area contributed by atoms with Crippen LogP contribution in [-0.4, -0.2) is 71.4 Å². The molecule has 0 N–H and O–H groups in total. The van der Waals surface area contributed by atoms with Gasteiger partial charge in [0.2, 0.25) is 0 Å². The lowest BCUT2D eigenvalue weighted by atomic mass is 9.47. The van der Waals surface area contributed by atoms with Crippen molar-refractivity contribution in [2.45, 2.75) is 396 Å². The molecule has 0 bridgehead atoms. The van der Waals surface area contributed by atoms with Gasteiger partial charge in [-0.2, -0.15) is 0 Å². The molecule has 0 amide bonds. The highest BCUT2D eigenvalue weighted by Gasteiger charge is 2.65. The van der Waals surface area contributed by atoms with Crippen molar-refractivity contribution in [1.82, 2.24) is 0 Å². The van der Waals surface area contributed by atoms with Crippen LogP contribution < -0.4 is 0 Å². The van der Waals surface area contributed by atoms with E-state index in [1.165, 1.54) is 143 Å². The van der Waals surface area contributed by atoms with Gasteiger partial charge >= 0.3 is 23.9 Å². The zero-order valence-corrected chi connectivity index (χ0v) is 74.2. The summed E-state index contributed by atoms with van der Waals surface area (Å²) < 4.78 is 24.2. The van der Waals surface area contributed by atoms with E-state index in [0.29, 0.717) is 114 Å². The number of carbonyl (C=O) groups excluding carboxylic acids is 8. The highest BCUT2D eigenvalue weighted by molar-refractivity contribution is 5.93. The number of esters is 4.